The number of hydrogen-bond acceptors (Lipinski definition) is 3. The first-order valence-corrected chi connectivity index (χ1v) is 4.04. The van der Waals surface area contributed by atoms with Crippen molar-refractivity contribution in [3.05, 3.63) is 12.3 Å². The van der Waals surface area contributed by atoms with Gasteiger partial charge in [0.05, 0.1) is 7.11 Å². The molecule has 0 bridgehead atoms. The molecular formula is C9H17NO2. The van der Waals surface area contributed by atoms with E-state index in [1.54, 1.807) is 6.20 Å². The number of methoxy groups -OCH3 is 1. The molecule has 0 aromatic rings. The number of hydrogen-bond donors (Lipinski definition) is 1. The Morgan fingerprint density at radius 3 is 2.58 bits per heavy atom. The van der Waals surface area contributed by atoms with Crippen LogP contribution in [0.5, 0.6) is 0 Å². The second kappa shape index (κ2) is 4.80. The molecular weight excluding hydrogens is 154 g/mol. The highest BCUT2D eigenvalue weighted by molar-refractivity contribution is 5.81. The Morgan fingerprint density at radius 2 is 2.17 bits per heavy atom. The van der Waals surface area contributed by atoms with Gasteiger partial charge in [-0.3, -0.25) is 0 Å². The zero-order valence-corrected chi connectivity index (χ0v) is 8.18. The predicted octanol–water partition coefficient (Wildman–Crippen LogP) is 1.45. The molecule has 0 aromatic carbocycles. The Kier molecular flexibility index (Phi) is 4.40. The van der Waals surface area contributed by atoms with Crippen molar-refractivity contribution in [3.8, 4) is 0 Å². The minimum atomic E-state index is -0.339. The number of ether oxygens (including phenoxy) is 1. The van der Waals surface area contributed by atoms with Crippen molar-refractivity contribution in [1.82, 2.24) is 5.32 Å². The minimum Gasteiger partial charge on any atom is -0.466 e. The Morgan fingerprint density at radius 1 is 1.58 bits per heavy atom. The van der Waals surface area contributed by atoms with Gasteiger partial charge >= 0.3 is 5.97 Å². The Bertz CT molecular complexity index is 173. The summed E-state index contributed by atoms with van der Waals surface area (Å²) in [6.07, 6.45) is 3.99. The fourth-order valence-electron chi connectivity index (χ4n) is 0.505. The molecule has 0 saturated heterocycles. The van der Waals surface area contributed by atoms with Gasteiger partial charge in [0.1, 0.15) is 0 Å². The van der Waals surface area contributed by atoms with Gasteiger partial charge in [-0.1, -0.05) is 6.92 Å². The Balaban J connectivity index is 3.81. The summed E-state index contributed by atoms with van der Waals surface area (Å²) < 4.78 is 4.43. The summed E-state index contributed by atoms with van der Waals surface area (Å²) in [5, 5.41) is 3.09. The van der Waals surface area contributed by atoms with Crippen LogP contribution in [0.2, 0.25) is 0 Å². The van der Waals surface area contributed by atoms with Crippen LogP contribution in [0.4, 0.5) is 0 Å². The summed E-state index contributed by atoms with van der Waals surface area (Å²) in [6.45, 7) is 6.21. The summed E-state index contributed by atoms with van der Waals surface area (Å²) in [5.74, 6) is -0.339. The molecule has 0 aromatic heterocycles. The maximum Gasteiger partial charge on any atom is 0.331 e. The molecule has 3 heteroatoms. The third-order valence-electron chi connectivity index (χ3n) is 1.78. The SMILES string of the molecule is CCC(C)(C)N/C=C/C(=O)OC. The zero-order chi connectivity index (χ0) is 9.61. The van der Waals surface area contributed by atoms with Crippen LogP contribution in [0.1, 0.15) is 27.2 Å². The van der Waals surface area contributed by atoms with E-state index >= 15 is 0 Å². The summed E-state index contributed by atoms with van der Waals surface area (Å²) in [5.41, 5.74) is 0.0323. The van der Waals surface area contributed by atoms with E-state index in [9.17, 15) is 4.79 Å². The van der Waals surface area contributed by atoms with Gasteiger partial charge in [0.2, 0.25) is 0 Å². The van der Waals surface area contributed by atoms with Gasteiger partial charge in [0, 0.05) is 17.8 Å². The van der Waals surface area contributed by atoms with E-state index in [2.05, 4.69) is 30.8 Å². The molecule has 0 fully saturated rings. The third kappa shape index (κ3) is 4.77. The van der Waals surface area contributed by atoms with E-state index in [0.29, 0.717) is 0 Å². The van der Waals surface area contributed by atoms with Gasteiger partial charge in [-0.25, -0.2) is 4.79 Å². The monoisotopic (exact) mass is 171 g/mol. The van der Waals surface area contributed by atoms with Crippen molar-refractivity contribution >= 4 is 5.97 Å². The zero-order valence-electron chi connectivity index (χ0n) is 8.18. The van der Waals surface area contributed by atoms with E-state index in [1.165, 1.54) is 13.2 Å². The lowest BCUT2D eigenvalue weighted by Crippen LogP contribution is -2.34. The van der Waals surface area contributed by atoms with Crippen molar-refractivity contribution in [2.75, 3.05) is 7.11 Å². The van der Waals surface area contributed by atoms with Crippen LogP contribution in [-0.2, 0) is 9.53 Å². The van der Waals surface area contributed by atoms with E-state index in [1.807, 2.05) is 0 Å². The van der Waals surface area contributed by atoms with Gasteiger partial charge in [-0.15, -0.1) is 0 Å². The van der Waals surface area contributed by atoms with Crippen molar-refractivity contribution in [2.45, 2.75) is 32.7 Å². The van der Waals surface area contributed by atoms with Gasteiger partial charge in [0.15, 0.2) is 0 Å². The molecule has 0 unspecified atom stereocenters. The first-order chi connectivity index (χ1) is 5.52. The Hall–Kier alpha value is -0.990. The number of esters is 1. The van der Waals surface area contributed by atoms with Crippen LogP contribution < -0.4 is 5.32 Å². The van der Waals surface area contributed by atoms with E-state index in [-0.39, 0.29) is 11.5 Å². The summed E-state index contributed by atoms with van der Waals surface area (Å²) in [6, 6.07) is 0. The van der Waals surface area contributed by atoms with Gasteiger partial charge in [-0.05, 0) is 20.3 Å². The van der Waals surface area contributed by atoms with Crippen LogP contribution in [0.25, 0.3) is 0 Å². The molecule has 12 heavy (non-hydrogen) atoms. The van der Waals surface area contributed by atoms with Crippen LogP contribution in [0.3, 0.4) is 0 Å². The standard InChI is InChI=1S/C9H17NO2/c1-5-9(2,3)10-7-6-8(11)12-4/h6-7,10H,5H2,1-4H3/b7-6+. The molecule has 0 saturated carbocycles. The molecule has 0 amide bonds. The highest BCUT2D eigenvalue weighted by Crippen LogP contribution is 2.05. The van der Waals surface area contributed by atoms with E-state index < -0.39 is 0 Å². The maximum atomic E-state index is 10.6. The van der Waals surface area contributed by atoms with E-state index in [0.717, 1.165) is 6.42 Å². The van der Waals surface area contributed by atoms with Crippen molar-refractivity contribution in [2.24, 2.45) is 0 Å². The average Bonchev–Trinajstić information content (AvgIpc) is 2.04. The van der Waals surface area contributed by atoms with Crippen molar-refractivity contribution < 1.29 is 9.53 Å². The van der Waals surface area contributed by atoms with Crippen LogP contribution in [0, 0.1) is 0 Å². The smallest absolute Gasteiger partial charge is 0.331 e. The van der Waals surface area contributed by atoms with Crippen LogP contribution in [-0.4, -0.2) is 18.6 Å². The van der Waals surface area contributed by atoms with Crippen molar-refractivity contribution in [3.63, 3.8) is 0 Å². The molecule has 0 aliphatic carbocycles. The Labute approximate surface area is 73.8 Å². The second-order valence-corrected chi connectivity index (χ2v) is 3.24. The third-order valence-corrected chi connectivity index (χ3v) is 1.78. The average molecular weight is 171 g/mol. The quantitative estimate of drug-likeness (QED) is 0.514. The largest absolute Gasteiger partial charge is 0.466 e. The molecule has 0 rings (SSSR count). The number of carbonyl (C=O) groups is 1. The molecule has 0 aliphatic heterocycles. The summed E-state index contributed by atoms with van der Waals surface area (Å²) >= 11 is 0. The highest BCUT2D eigenvalue weighted by atomic mass is 16.5. The first kappa shape index (κ1) is 11.0. The topological polar surface area (TPSA) is 38.3 Å². The van der Waals surface area contributed by atoms with Crippen LogP contribution >= 0.6 is 0 Å². The molecule has 3 nitrogen and oxygen atoms in total. The fraction of sp³-hybridized carbons (Fsp3) is 0.667. The highest BCUT2D eigenvalue weighted by Gasteiger charge is 2.10. The molecule has 0 aliphatic rings. The molecule has 0 spiro atoms. The van der Waals surface area contributed by atoms with Gasteiger partial charge in [0.25, 0.3) is 0 Å². The predicted molar refractivity (Wildman–Crippen MR) is 48.7 cm³/mol. The molecule has 0 heterocycles. The number of rotatable bonds is 4. The number of nitrogens with one attached hydrogen (secondary N) is 1. The van der Waals surface area contributed by atoms with Crippen LogP contribution in [0.15, 0.2) is 12.3 Å². The fourth-order valence-corrected chi connectivity index (χ4v) is 0.505. The summed E-state index contributed by atoms with van der Waals surface area (Å²) in [7, 11) is 1.36. The van der Waals surface area contributed by atoms with Gasteiger partial charge < -0.3 is 10.1 Å². The van der Waals surface area contributed by atoms with Gasteiger partial charge in [-0.2, -0.15) is 0 Å². The first-order valence-electron chi connectivity index (χ1n) is 4.04. The van der Waals surface area contributed by atoms with E-state index in [4.69, 9.17) is 0 Å². The lowest BCUT2D eigenvalue weighted by Gasteiger charge is -2.22. The lowest BCUT2D eigenvalue weighted by atomic mass is 10.0. The molecule has 0 radical (unpaired) electrons. The molecule has 70 valence electrons. The minimum absolute atomic E-state index is 0.0323. The molecule has 0 atom stereocenters. The van der Waals surface area contributed by atoms with Crippen molar-refractivity contribution in [1.29, 1.82) is 0 Å². The normalized spacial score (nSPS) is 11.7. The second-order valence-electron chi connectivity index (χ2n) is 3.24. The maximum absolute atomic E-state index is 10.6. The summed E-state index contributed by atoms with van der Waals surface area (Å²) in [4.78, 5) is 10.6. The molecule has 1 N–H and O–H groups in total. The number of carbonyl (C=O) groups excluding carboxylic acids is 1. The lowest BCUT2D eigenvalue weighted by molar-refractivity contribution is -0.134.